The summed E-state index contributed by atoms with van der Waals surface area (Å²) >= 11 is 0. The van der Waals surface area contributed by atoms with E-state index in [1.54, 1.807) is 7.05 Å². The Morgan fingerprint density at radius 3 is 2.71 bits per heavy atom. The monoisotopic (exact) mass is 242 g/mol. The largest absolute Gasteiger partial charge is 0.480 e. The highest BCUT2D eigenvalue weighted by Crippen LogP contribution is 2.33. The lowest BCUT2D eigenvalue weighted by atomic mass is 10.2. The first-order valence-electron chi connectivity index (χ1n) is 5.01. The Hall–Kier alpha value is -1.64. The van der Waals surface area contributed by atoms with Crippen molar-refractivity contribution in [3.63, 3.8) is 0 Å². The van der Waals surface area contributed by atoms with Crippen LogP contribution in [0.3, 0.4) is 0 Å². The lowest BCUT2D eigenvalue weighted by Crippen LogP contribution is -2.51. The van der Waals surface area contributed by atoms with Crippen LogP contribution in [0, 0.1) is 0 Å². The Kier molecular flexibility index (Phi) is 2.77. The molecule has 0 spiro atoms. The summed E-state index contributed by atoms with van der Waals surface area (Å²) < 4.78 is 1.35. The number of aliphatic hydroxyl groups excluding tert-OH is 2. The molecule has 94 valence electrons. The minimum Gasteiger partial charge on any atom is -0.480 e. The van der Waals surface area contributed by atoms with Gasteiger partial charge in [0.05, 0.1) is 6.33 Å². The van der Waals surface area contributed by atoms with Gasteiger partial charge in [0.25, 0.3) is 0 Å². The molecule has 1 aliphatic heterocycles. The summed E-state index contributed by atoms with van der Waals surface area (Å²) in [5.41, 5.74) is 0.364. The number of fused-ring (bicyclic) bond motifs is 1. The van der Waals surface area contributed by atoms with Crippen molar-refractivity contribution in [1.29, 1.82) is 0 Å². The number of imidazole rings is 1. The number of anilines is 1. The van der Waals surface area contributed by atoms with E-state index in [1.807, 2.05) is 0 Å². The summed E-state index contributed by atoms with van der Waals surface area (Å²) in [5, 5.41) is 28.5. The Morgan fingerprint density at radius 2 is 2.12 bits per heavy atom. The van der Waals surface area contributed by atoms with Crippen molar-refractivity contribution in [2.24, 2.45) is 0 Å². The third-order valence-electron chi connectivity index (χ3n) is 2.84. The Bertz CT molecular complexity index is 446. The summed E-state index contributed by atoms with van der Waals surface area (Å²) in [6, 6.07) is 0. The van der Waals surface area contributed by atoms with Crippen LogP contribution in [0.4, 0.5) is 5.82 Å². The molecule has 0 saturated heterocycles. The van der Waals surface area contributed by atoms with Gasteiger partial charge in [-0.25, -0.2) is 9.88 Å². The molecule has 8 nitrogen and oxygen atoms in total. The third kappa shape index (κ3) is 1.75. The molecule has 0 aliphatic carbocycles. The molecule has 3 N–H and O–H groups in total. The van der Waals surface area contributed by atoms with Gasteiger partial charge >= 0.3 is 5.97 Å². The van der Waals surface area contributed by atoms with Crippen molar-refractivity contribution in [2.75, 3.05) is 19.0 Å². The number of aliphatic carboxylic acids is 1. The van der Waals surface area contributed by atoms with Gasteiger partial charge in [-0.15, -0.1) is 0 Å². The van der Waals surface area contributed by atoms with Crippen molar-refractivity contribution >= 4 is 11.8 Å². The molecule has 8 heteroatoms. The predicted octanol–water partition coefficient (Wildman–Crippen LogP) is -1.38. The van der Waals surface area contributed by atoms with Crippen LogP contribution in [0.2, 0.25) is 0 Å². The van der Waals surface area contributed by atoms with Gasteiger partial charge < -0.3 is 24.8 Å². The fraction of sp³-hybridized carbons (Fsp3) is 0.556. The first-order valence-corrected chi connectivity index (χ1v) is 5.01. The average molecular weight is 242 g/mol. The first-order chi connectivity index (χ1) is 7.93. The number of hydrogen-bond donors (Lipinski definition) is 3. The summed E-state index contributed by atoms with van der Waals surface area (Å²) in [6.45, 7) is -0.281. The maximum atomic E-state index is 10.7. The molecule has 0 bridgehead atoms. The second-order valence-corrected chi connectivity index (χ2v) is 3.97. The standard InChI is InChI=1S/C9H14N4O4/c1-11-7-6(8(16)12(2)9(11)17)13(4-10-7)3-5(14)15/h4,8-9,16-17H,3H2,1-2H3,(H,14,15). The van der Waals surface area contributed by atoms with Crippen LogP contribution in [-0.4, -0.2) is 56.2 Å². The van der Waals surface area contributed by atoms with E-state index < -0.39 is 18.5 Å². The zero-order valence-electron chi connectivity index (χ0n) is 9.48. The lowest BCUT2D eigenvalue weighted by Gasteiger charge is -2.39. The number of aliphatic hydroxyl groups is 2. The highest BCUT2D eigenvalue weighted by molar-refractivity contribution is 5.67. The van der Waals surface area contributed by atoms with E-state index in [1.165, 1.54) is 27.7 Å². The zero-order valence-corrected chi connectivity index (χ0v) is 9.48. The van der Waals surface area contributed by atoms with Crippen molar-refractivity contribution < 1.29 is 20.1 Å². The molecular formula is C9H14N4O4. The average Bonchev–Trinajstić information content (AvgIpc) is 2.66. The quantitative estimate of drug-likeness (QED) is 0.587. The van der Waals surface area contributed by atoms with E-state index in [2.05, 4.69) is 4.98 Å². The van der Waals surface area contributed by atoms with Crippen molar-refractivity contribution in [2.45, 2.75) is 19.1 Å². The molecule has 2 heterocycles. The summed E-state index contributed by atoms with van der Waals surface area (Å²) in [6.07, 6.45) is -0.742. The fourth-order valence-electron chi connectivity index (χ4n) is 1.89. The fourth-order valence-corrected chi connectivity index (χ4v) is 1.89. The second kappa shape index (κ2) is 3.99. The molecule has 2 rings (SSSR count). The predicted molar refractivity (Wildman–Crippen MR) is 57.0 cm³/mol. The van der Waals surface area contributed by atoms with Crippen LogP contribution < -0.4 is 4.90 Å². The van der Waals surface area contributed by atoms with Gasteiger partial charge in [-0.3, -0.25) is 4.79 Å². The van der Waals surface area contributed by atoms with Crippen LogP contribution in [0.5, 0.6) is 0 Å². The van der Waals surface area contributed by atoms with E-state index in [4.69, 9.17) is 5.11 Å². The first kappa shape index (κ1) is 11.8. The maximum Gasteiger partial charge on any atom is 0.323 e. The minimum atomic E-state index is -1.09. The summed E-state index contributed by atoms with van der Waals surface area (Å²) in [5.74, 6) is -0.641. The number of rotatable bonds is 2. The second-order valence-electron chi connectivity index (χ2n) is 3.97. The molecule has 0 radical (unpaired) electrons. The molecule has 0 saturated carbocycles. The SMILES string of the molecule is CN1c2ncn(CC(=O)O)c2C(O)N(C)C1O. The van der Waals surface area contributed by atoms with Gasteiger partial charge in [0.2, 0.25) is 0 Å². The van der Waals surface area contributed by atoms with E-state index >= 15 is 0 Å². The van der Waals surface area contributed by atoms with Gasteiger partial charge in [0.15, 0.2) is 18.4 Å². The minimum absolute atomic E-state index is 0.281. The highest BCUT2D eigenvalue weighted by atomic mass is 16.4. The lowest BCUT2D eigenvalue weighted by molar-refractivity contribution is -0.138. The van der Waals surface area contributed by atoms with Crippen molar-refractivity contribution in [1.82, 2.24) is 14.5 Å². The molecule has 0 fully saturated rings. The van der Waals surface area contributed by atoms with Gasteiger partial charge in [-0.1, -0.05) is 0 Å². The van der Waals surface area contributed by atoms with E-state index in [0.717, 1.165) is 0 Å². The van der Waals surface area contributed by atoms with E-state index in [9.17, 15) is 15.0 Å². The Labute approximate surface area is 97.3 Å². The van der Waals surface area contributed by atoms with Gasteiger partial charge in [0, 0.05) is 7.05 Å². The molecule has 1 aromatic heterocycles. The number of carboxylic acids is 1. The van der Waals surface area contributed by atoms with Gasteiger partial charge in [0.1, 0.15) is 12.2 Å². The number of carbonyl (C=O) groups is 1. The molecule has 17 heavy (non-hydrogen) atoms. The summed E-state index contributed by atoms with van der Waals surface area (Å²) in [4.78, 5) is 17.5. The van der Waals surface area contributed by atoms with E-state index in [0.29, 0.717) is 11.5 Å². The van der Waals surface area contributed by atoms with E-state index in [-0.39, 0.29) is 6.54 Å². The smallest absolute Gasteiger partial charge is 0.323 e. The van der Waals surface area contributed by atoms with Gasteiger partial charge in [-0.05, 0) is 7.05 Å². The normalized spacial score (nSPS) is 24.8. The van der Waals surface area contributed by atoms with Crippen molar-refractivity contribution in [3.05, 3.63) is 12.0 Å². The molecule has 1 aromatic rings. The molecule has 2 atom stereocenters. The molecule has 1 aliphatic rings. The van der Waals surface area contributed by atoms with Crippen LogP contribution in [0.1, 0.15) is 11.9 Å². The third-order valence-corrected chi connectivity index (χ3v) is 2.84. The van der Waals surface area contributed by atoms with Crippen LogP contribution >= 0.6 is 0 Å². The number of carboxylic acid groups (broad SMARTS) is 1. The zero-order chi connectivity index (χ0) is 12.7. The Balaban J connectivity index is 2.45. The number of aromatic nitrogens is 2. The Morgan fingerprint density at radius 1 is 1.47 bits per heavy atom. The summed E-state index contributed by atoms with van der Waals surface area (Å²) in [7, 11) is 3.15. The molecule has 0 amide bonds. The number of nitrogens with zero attached hydrogens (tertiary/aromatic N) is 4. The van der Waals surface area contributed by atoms with Crippen LogP contribution in [-0.2, 0) is 11.3 Å². The van der Waals surface area contributed by atoms with Crippen LogP contribution in [0.25, 0.3) is 0 Å². The van der Waals surface area contributed by atoms with Crippen molar-refractivity contribution in [3.8, 4) is 0 Å². The van der Waals surface area contributed by atoms with Crippen LogP contribution in [0.15, 0.2) is 6.33 Å². The highest BCUT2D eigenvalue weighted by Gasteiger charge is 2.36. The van der Waals surface area contributed by atoms with Gasteiger partial charge in [-0.2, -0.15) is 0 Å². The topological polar surface area (TPSA) is 102 Å². The maximum absolute atomic E-state index is 10.7. The molecule has 2 unspecified atom stereocenters. The number of hydrogen-bond acceptors (Lipinski definition) is 6. The molecule has 0 aromatic carbocycles. The molecular weight excluding hydrogens is 228 g/mol.